The molecule has 1 heterocycles. The summed E-state index contributed by atoms with van der Waals surface area (Å²) >= 11 is 0. The Bertz CT molecular complexity index is 644. The van der Waals surface area contributed by atoms with Gasteiger partial charge in [-0.2, -0.15) is 0 Å². The van der Waals surface area contributed by atoms with Crippen molar-refractivity contribution in [2.24, 2.45) is 5.92 Å². The number of amides is 1. The first-order chi connectivity index (χ1) is 12.2. The lowest BCUT2D eigenvalue weighted by Gasteiger charge is -2.33. The Morgan fingerprint density at radius 3 is 2.38 bits per heavy atom. The van der Waals surface area contributed by atoms with Gasteiger partial charge in [0.1, 0.15) is 5.60 Å². The van der Waals surface area contributed by atoms with Crippen LogP contribution in [0.25, 0.3) is 0 Å². The molecule has 1 saturated heterocycles. The monoisotopic (exact) mass is 365 g/mol. The largest absolute Gasteiger partial charge is 0.493 e. The van der Waals surface area contributed by atoms with Gasteiger partial charge in [0, 0.05) is 13.1 Å². The third-order valence-electron chi connectivity index (χ3n) is 4.15. The third kappa shape index (κ3) is 5.54. The molecule has 0 atom stereocenters. The highest BCUT2D eigenvalue weighted by Gasteiger charge is 2.27. The van der Waals surface area contributed by atoms with Crippen molar-refractivity contribution in [2.75, 3.05) is 26.8 Å². The van der Waals surface area contributed by atoms with Crippen LogP contribution in [-0.4, -0.2) is 54.5 Å². The normalized spacial score (nSPS) is 15.5. The van der Waals surface area contributed by atoms with Crippen molar-refractivity contribution in [3.8, 4) is 11.5 Å². The maximum atomic E-state index is 12.1. The van der Waals surface area contributed by atoms with Gasteiger partial charge >= 0.3 is 12.1 Å². The van der Waals surface area contributed by atoms with Gasteiger partial charge < -0.3 is 24.2 Å². The smallest absolute Gasteiger partial charge is 0.410 e. The van der Waals surface area contributed by atoms with E-state index in [0.717, 1.165) is 12.8 Å². The molecule has 0 aliphatic carbocycles. The van der Waals surface area contributed by atoms with Crippen LogP contribution >= 0.6 is 0 Å². The molecule has 1 aromatic carbocycles. The molecule has 0 bridgehead atoms. The predicted octanol–water partition coefficient (Wildman–Crippen LogP) is 3.42. The van der Waals surface area contributed by atoms with Gasteiger partial charge in [0.25, 0.3) is 0 Å². The fraction of sp³-hybridized carbons (Fsp3) is 0.579. The molecular weight excluding hydrogens is 338 g/mol. The molecule has 0 radical (unpaired) electrons. The van der Waals surface area contributed by atoms with Gasteiger partial charge in [0.2, 0.25) is 0 Å². The minimum absolute atomic E-state index is 0.153. The molecule has 0 spiro atoms. The SMILES string of the molecule is COc1cc(C(=O)O)ccc1OCC1CCN(C(=O)OC(C)(C)C)CC1. The molecule has 1 amide bonds. The van der Waals surface area contributed by atoms with Crippen LogP contribution in [0.3, 0.4) is 0 Å². The van der Waals surface area contributed by atoms with Crippen LogP contribution in [-0.2, 0) is 4.74 Å². The summed E-state index contributed by atoms with van der Waals surface area (Å²) in [5.41, 5.74) is -0.338. The molecule has 1 aliphatic heterocycles. The standard InChI is InChI=1S/C19H27NO6/c1-19(2,3)26-18(23)20-9-7-13(8-10-20)12-25-15-6-5-14(17(21)22)11-16(15)24-4/h5-6,11,13H,7-10,12H2,1-4H3,(H,21,22). The van der Waals surface area contributed by atoms with E-state index in [1.165, 1.54) is 19.2 Å². The van der Waals surface area contributed by atoms with Gasteiger partial charge in [0.15, 0.2) is 11.5 Å². The van der Waals surface area contributed by atoms with E-state index in [-0.39, 0.29) is 11.7 Å². The van der Waals surface area contributed by atoms with Crippen molar-refractivity contribution in [3.05, 3.63) is 23.8 Å². The minimum Gasteiger partial charge on any atom is -0.493 e. The first kappa shape index (κ1) is 19.9. The summed E-state index contributed by atoms with van der Waals surface area (Å²) in [6, 6.07) is 4.55. The highest BCUT2D eigenvalue weighted by Crippen LogP contribution is 2.29. The van der Waals surface area contributed by atoms with E-state index in [1.54, 1.807) is 11.0 Å². The number of carboxylic acids is 1. The lowest BCUT2D eigenvalue weighted by Crippen LogP contribution is -2.42. The second kappa shape index (κ2) is 8.29. The summed E-state index contributed by atoms with van der Waals surface area (Å²) in [6.45, 7) is 7.33. The molecule has 0 unspecified atom stereocenters. The molecule has 26 heavy (non-hydrogen) atoms. The number of piperidine rings is 1. The van der Waals surface area contributed by atoms with E-state index >= 15 is 0 Å². The Kier molecular flexibility index (Phi) is 6.34. The summed E-state index contributed by atoms with van der Waals surface area (Å²) in [5.74, 6) is 0.227. The maximum absolute atomic E-state index is 12.1. The van der Waals surface area contributed by atoms with Gasteiger partial charge in [-0.05, 0) is 57.7 Å². The van der Waals surface area contributed by atoms with Gasteiger partial charge in [-0.1, -0.05) is 0 Å². The zero-order valence-electron chi connectivity index (χ0n) is 15.8. The Hall–Kier alpha value is -2.44. The molecule has 0 aromatic heterocycles. The summed E-state index contributed by atoms with van der Waals surface area (Å²) in [5, 5.41) is 9.03. The van der Waals surface area contributed by atoms with Gasteiger partial charge in [-0.3, -0.25) is 0 Å². The number of ether oxygens (including phenoxy) is 3. The fourth-order valence-electron chi connectivity index (χ4n) is 2.74. The number of nitrogens with zero attached hydrogens (tertiary/aromatic N) is 1. The second-order valence-corrected chi connectivity index (χ2v) is 7.39. The zero-order valence-corrected chi connectivity index (χ0v) is 15.8. The number of hydrogen-bond acceptors (Lipinski definition) is 5. The first-order valence-electron chi connectivity index (χ1n) is 8.71. The van der Waals surface area contributed by atoms with E-state index < -0.39 is 11.6 Å². The average Bonchev–Trinajstić information content (AvgIpc) is 2.58. The number of aromatic carboxylic acids is 1. The van der Waals surface area contributed by atoms with Crippen LogP contribution in [0, 0.1) is 5.92 Å². The zero-order chi connectivity index (χ0) is 19.3. The Morgan fingerprint density at radius 1 is 1.19 bits per heavy atom. The Morgan fingerprint density at radius 2 is 1.85 bits per heavy atom. The number of likely N-dealkylation sites (tertiary alicyclic amines) is 1. The number of carbonyl (C=O) groups is 2. The predicted molar refractivity (Wildman–Crippen MR) is 96.0 cm³/mol. The molecule has 0 saturated carbocycles. The van der Waals surface area contributed by atoms with Crippen LogP contribution in [0.2, 0.25) is 0 Å². The molecule has 7 nitrogen and oxygen atoms in total. The molecular formula is C19H27NO6. The highest BCUT2D eigenvalue weighted by atomic mass is 16.6. The van der Waals surface area contributed by atoms with E-state index in [1.807, 2.05) is 20.8 Å². The summed E-state index contributed by atoms with van der Waals surface area (Å²) in [7, 11) is 1.48. The fourth-order valence-corrected chi connectivity index (χ4v) is 2.74. The summed E-state index contributed by atoms with van der Waals surface area (Å²) in [4.78, 5) is 24.8. The van der Waals surface area contributed by atoms with Crippen LogP contribution in [0.4, 0.5) is 4.79 Å². The van der Waals surface area contributed by atoms with Crippen molar-refractivity contribution >= 4 is 12.1 Å². The van der Waals surface area contributed by atoms with Crippen LogP contribution < -0.4 is 9.47 Å². The van der Waals surface area contributed by atoms with E-state index in [4.69, 9.17) is 19.3 Å². The number of rotatable bonds is 5. The first-order valence-corrected chi connectivity index (χ1v) is 8.71. The molecule has 144 valence electrons. The minimum atomic E-state index is -1.01. The molecule has 2 rings (SSSR count). The lowest BCUT2D eigenvalue weighted by atomic mass is 9.98. The number of hydrogen-bond donors (Lipinski definition) is 1. The maximum Gasteiger partial charge on any atom is 0.410 e. The van der Waals surface area contributed by atoms with Crippen molar-refractivity contribution in [2.45, 2.75) is 39.2 Å². The second-order valence-electron chi connectivity index (χ2n) is 7.39. The molecule has 1 aliphatic rings. The van der Waals surface area contributed by atoms with Gasteiger partial charge in [0.05, 0.1) is 19.3 Å². The number of carbonyl (C=O) groups excluding carboxylic acids is 1. The number of methoxy groups -OCH3 is 1. The topological polar surface area (TPSA) is 85.3 Å². The Balaban J connectivity index is 1.85. The van der Waals surface area contributed by atoms with Crippen LogP contribution in [0.5, 0.6) is 11.5 Å². The van der Waals surface area contributed by atoms with Gasteiger partial charge in [-0.25, -0.2) is 9.59 Å². The molecule has 7 heteroatoms. The van der Waals surface area contributed by atoms with E-state index in [2.05, 4.69) is 0 Å². The van der Waals surface area contributed by atoms with E-state index in [9.17, 15) is 9.59 Å². The quantitative estimate of drug-likeness (QED) is 0.860. The van der Waals surface area contributed by atoms with Crippen molar-refractivity contribution in [3.63, 3.8) is 0 Å². The van der Waals surface area contributed by atoms with Gasteiger partial charge in [-0.15, -0.1) is 0 Å². The molecule has 1 N–H and O–H groups in total. The van der Waals surface area contributed by atoms with Crippen LogP contribution in [0.15, 0.2) is 18.2 Å². The number of carboxylic acid groups (broad SMARTS) is 1. The van der Waals surface area contributed by atoms with Crippen molar-refractivity contribution in [1.29, 1.82) is 0 Å². The lowest BCUT2D eigenvalue weighted by molar-refractivity contribution is 0.0164. The number of benzene rings is 1. The van der Waals surface area contributed by atoms with Crippen molar-refractivity contribution < 1.29 is 28.9 Å². The average molecular weight is 365 g/mol. The van der Waals surface area contributed by atoms with Crippen molar-refractivity contribution in [1.82, 2.24) is 4.90 Å². The van der Waals surface area contributed by atoms with E-state index in [0.29, 0.717) is 37.1 Å². The summed E-state index contributed by atoms with van der Waals surface area (Å²) < 4.78 is 16.4. The molecule has 1 fully saturated rings. The summed E-state index contributed by atoms with van der Waals surface area (Å²) in [6.07, 6.45) is 1.38. The third-order valence-corrected chi connectivity index (χ3v) is 4.15. The highest BCUT2D eigenvalue weighted by molar-refractivity contribution is 5.88. The molecule has 1 aromatic rings. The Labute approximate surface area is 153 Å². The van der Waals surface area contributed by atoms with Crippen LogP contribution in [0.1, 0.15) is 44.0 Å².